The van der Waals surface area contributed by atoms with Crippen LogP contribution < -0.4 is 31.1 Å². The number of benzene rings is 3. The number of carbonyl (C=O) groups is 2. The summed E-state index contributed by atoms with van der Waals surface area (Å²) in [6.45, 7) is 4.71. The Morgan fingerprint density at radius 1 is 1.04 bits per heavy atom. The predicted octanol–water partition coefficient (Wildman–Crippen LogP) is 3.37. The van der Waals surface area contributed by atoms with Gasteiger partial charge in [0.25, 0.3) is 11.8 Å². The van der Waals surface area contributed by atoms with E-state index in [1.54, 1.807) is 61.8 Å². The van der Waals surface area contributed by atoms with Crippen molar-refractivity contribution in [1.82, 2.24) is 14.3 Å². The molecule has 2 heterocycles. The van der Waals surface area contributed by atoms with Crippen LogP contribution in [0.2, 0.25) is 0 Å². The van der Waals surface area contributed by atoms with Gasteiger partial charge in [0.15, 0.2) is 11.3 Å². The molecule has 14 nitrogen and oxygen atoms in total. The highest BCUT2D eigenvalue weighted by atomic mass is 32.2. The van der Waals surface area contributed by atoms with Gasteiger partial charge in [-0.25, -0.2) is 4.72 Å². The molecule has 1 aliphatic rings. The van der Waals surface area contributed by atoms with Crippen molar-refractivity contribution < 1.29 is 31.9 Å². The molecular weight excluding hydrogens is 626 g/mol. The molecule has 7 N–H and O–H groups in total. The van der Waals surface area contributed by atoms with Crippen LogP contribution in [0.15, 0.2) is 65.3 Å². The number of carbonyl (C=O) groups excluding carboxylic acids is 2. The zero-order chi connectivity index (χ0) is 33.7. The Labute approximate surface area is 272 Å². The lowest BCUT2D eigenvalue weighted by Gasteiger charge is -2.27. The number of morpholine rings is 1. The van der Waals surface area contributed by atoms with Crippen molar-refractivity contribution in [3.8, 4) is 5.75 Å². The second-order valence-electron chi connectivity index (χ2n) is 10.8. The Morgan fingerprint density at radius 3 is 2.45 bits per heavy atom. The van der Waals surface area contributed by atoms with Gasteiger partial charge in [0.1, 0.15) is 11.9 Å². The number of nitrogens with zero attached hydrogens (tertiary/aromatic N) is 1. The summed E-state index contributed by atoms with van der Waals surface area (Å²) in [4.78, 5) is 26.6. The first-order valence-electron chi connectivity index (χ1n) is 14.9. The topological polar surface area (TPSA) is 201 Å². The van der Waals surface area contributed by atoms with Crippen LogP contribution >= 0.6 is 0 Å². The van der Waals surface area contributed by atoms with Crippen LogP contribution in [0.5, 0.6) is 5.75 Å². The first-order valence-corrected chi connectivity index (χ1v) is 16.3. The fourth-order valence-electron chi connectivity index (χ4n) is 5.10. The molecule has 0 saturated carbocycles. The number of fused-ring (bicyclic) bond motifs is 1. The molecule has 0 radical (unpaired) electrons. The highest BCUT2D eigenvalue weighted by Gasteiger charge is 2.31. The second-order valence-corrected chi connectivity index (χ2v) is 12.5. The average Bonchev–Trinajstić information content (AvgIpc) is 3.44. The highest BCUT2D eigenvalue weighted by molar-refractivity contribution is 7.87. The first kappa shape index (κ1) is 33.2. The Kier molecular flexibility index (Phi) is 9.98. The summed E-state index contributed by atoms with van der Waals surface area (Å²) in [5, 5.41) is 17.8. The van der Waals surface area contributed by atoms with Crippen LogP contribution in [0.25, 0.3) is 11.0 Å². The minimum atomic E-state index is -4.16. The van der Waals surface area contributed by atoms with Crippen LogP contribution in [-0.4, -0.2) is 70.3 Å². The van der Waals surface area contributed by atoms with Gasteiger partial charge >= 0.3 is 10.2 Å². The molecule has 248 valence electrons. The van der Waals surface area contributed by atoms with Crippen molar-refractivity contribution in [2.45, 2.75) is 19.9 Å². The minimum Gasteiger partial charge on any atom is -0.490 e. The number of aryl methyl sites for hydroxylation is 1. The predicted molar refractivity (Wildman–Crippen MR) is 179 cm³/mol. The summed E-state index contributed by atoms with van der Waals surface area (Å²) in [6.07, 6.45) is 1.58. The van der Waals surface area contributed by atoms with Crippen molar-refractivity contribution in [2.24, 2.45) is 0 Å². The summed E-state index contributed by atoms with van der Waals surface area (Å²) in [5.74, 6) is -1.06. The number of ether oxygens (including phenoxy) is 2. The van der Waals surface area contributed by atoms with Gasteiger partial charge in [0.2, 0.25) is 0 Å². The number of hydrogen-bond donors (Lipinski definition) is 6. The molecule has 1 aromatic heterocycles. The summed E-state index contributed by atoms with van der Waals surface area (Å²) >= 11 is 0. The third-order valence-electron chi connectivity index (χ3n) is 7.52. The summed E-state index contributed by atoms with van der Waals surface area (Å²) in [5.41, 5.74) is 9.85. The fourth-order valence-corrected chi connectivity index (χ4v) is 6.23. The lowest BCUT2D eigenvalue weighted by atomic mass is 10.0. The van der Waals surface area contributed by atoms with Gasteiger partial charge in [0.05, 0.1) is 26.1 Å². The van der Waals surface area contributed by atoms with E-state index in [1.165, 1.54) is 10.4 Å². The number of nitrogens with two attached hydrogens (primary N) is 1. The number of furan rings is 1. The fraction of sp³-hybridized carbons (Fsp3) is 0.281. The third kappa shape index (κ3) is 7.65. The molecular formula is C32H37N7O7S. The molecule has 47 heavy (non-hydrogen) atoms. The maximum absolute atomic E-state index is 13.8. The molecule has 1 aliphatic heterocycles. The third-order valence-corrected chi connectivity index (χ3v) is 9.02. The molecule has 15 heteroatoms. The lowest BCUT2D eigenvalue weighted by molar-refractivity contribution is -0.120. The molecule has 5 rings (SSSR count). The van der Waals surface area contributed by atoms with Crippen molar-refractivity contribution in [3.05, 3.63) is 83.1 Å². The summed E-state index contributed by atoms with van der Waals surface area (Å²) in [6, 6.07) is 13.5. The smallest absolute Gasteiger partial charge is 0.304 e. The molecule has 3 aromatic carbocycles. The SMILES string of the molecule is CCOc1cc(C(Nc2ccc(C(=N)NC(=O)c3cc(N)cc(NC)c3)cc2)C(=O)NS(=O)(=O)N2CCOCC2)cc2c(C)coc12. The minimum absolute atomic E-state index is 0.119. The van der Waals surface area contributed by atoms with Crippen molar-refractivity contribution >= 4 is 55.9 Å². The molecule has 4 aromatic rings. The van der Waals surface area contributed by atoms with Gasteiger partial charge in [-0.3, -0.25) is 15.0 Å². The van der Waals surface area contributed by atoms with E-state index in [2.05, 4.69) is 20.7 Å². The number of nitrogens with one attached hydrogen (secondary N) is 5. The Morgan fingerprint density at radius 2 is 1.77 bits per heavy atom. The molecule has 1 fully saturated rings. The highest BCUT2D eigenvalue weighted by Crippen LogP contribution is 2.35. The van der Waals surface area contributed by atoms with E-state index in [0.717, 1.165) is 5.56 Å². The van der Waals surface area contributed by atoms with Gasteiger partial charge in [-0.05, 0) is 79.6 Å². The molecule has 0 spiro atoms. The number of amides is 2. The summed E-state index contributed by atoms with van der Waals surface area (Å²) in [7, 11) is -2.46. The largest absolute Gasteiger partial charge is 0.490 e. The van der Waals surface area contributed by atoms with E-state index in [1.807, 2.05) is 13.8 Å². The molecule has 0 aliphatic carbocycles. The van der Waals surface area contributed by atoms with E-state index in [-0.39, 0.29) is 37.7 Å². The normalized spacial score (nSPS) is 14.3. The monoisotopic (exact) mass is 663 g/mol. The van der Waals surface area contributed by atoms with Crippen LogP contribution in [0.3, 0.4) is 0 Å². The quantitative estimate of drug-likeness (QED) is 0.0785. The number of nitrogen functional groups attached to an aromatic ring is 1. The van der Waals surface area contributed by atoms with Crippen molar-refractivity contribution in [3.63, 3.8) is 0 Å². The second kappa shape index (κ2) is 14.1. The number of amidine groups is 1. The van der Waals surface area contributed by atoms with Gasteiger partial charge < -0.3 is 35.6 Å². The van der Waals surface area contributed by atoms with Crippen LogP contribution in [0.1, 0.15) is 40.0 Å². The van der Waals surface area contributed by atoms with Gasteiger partial charge in [-0.2, -0.15) is 12.7 Å². The van der Waals surface area contributed by atoms with E-state index in [9.17, 15) is 18.0 Å². The molecule has 2 amide bonds. The van der Waals surface area contributed by atoms with Gasteiger partial charge in [-0.1, -0.05) is 0 Å². The van der Waals surface area contributed by atoms with Crippen LogP contribution in [0, 0.1) is 12.3 Å². The standard InChI is InChI=1S/C32H37N7O7S/c1-4-45-27-16-21(15-26-19(2)18-46-29(26)27)28(32(41)38-47(42,43)39-9-11-44-12-10-39)36-24-7-5-20(6-8-24)30(34)37-31(40)22-13-23(33)17-25(14-22)35-3/h5-8,13-18,28,35-36H,4,9-12,33H2,1-3H3,(H,38,41)(H2,34,37,40). The van der Waals surface area contributed by atoms with E-state index < -0.39 is 28.1 Å². The number of anilines is 3. The maximum atomic E-state index is 13.8. The van der Waals surface area contributed by atoms with E-state index >= 15 is 0 Å². The van der Waals surface area contributed by atoms with Crippen molar-refractivity contribution in [2.75, 3.05) is 56.3 Å². The van der Waals surface area contributed by atoms with Crippen LogP contribution in [-0.2, 0) is 19.7 Å². The maximum Gasteiger partial charge on any atom is 0.304 e. The van der Waals surface area contributed by atoms with Gasteiger partial charge in [-0.15, -0.1) is 0 Å². The molecule has 1 atom stereocenters. The number of rotatable bonds is 11. The summed E-state index contributed by atoms with van der Waals surface area (Å²) < 4.78 is 46.4. The van der Waals surface area contributed by atoms with E-state index in [0.29, 0.717) is 51.5 Å². The molecule has 1 unspecified atom stereocenters. The average molecular weight is 664 g/mol. The van der Waals surface area contributed by atoms with Gasteiger partial charge in [0, 0.05) is 53.7 Å². The van der Waals surface area contributed by atoms with Crippen molar-refractivity contribution in [1.29, 1.82) is 5.41 Å². The Bertz CT molecular complexity index is 1900. The molecule has 0 bridgehead atoms. The zero-order valence-corrected chi connectivity index (χ0v) is 27.0. The number of hydrogen-bond acceptors (Lipinski definition) is 11. The lowest BCUT2D eigenvalue weighted by Crippen LogP contribution is -2.50. The molecule has 1 saturated heterocycles. The van der Waals surface area contributed by atoms with Crippen LogP contribution in [0.4, 0.5) is 17.1 Å². The Balaban J connectivity index is 1.41. The Hall–Kier alpha value is -5.12. The zero-order valence-electron chi connectivity index (χ0n) is 26.2. The van der Waals surface area contributed by atoms with E-state index in [4.69, 9.17) is 25.0 Å². The first-order chi connectivity index (χ1) is 22.5.